The first kappa shape index (κ1) is 16.3. The van der Waals surface area contributed by atoms with Gasteiger partial charge in [-0.3, -0.25) is 0 Å². The van der Waals surface area contributed by atoms with Crippen molar-refractivity contribution < 1.29 is 13.2 Å². The van der Waals surface area contributed by atoms with Gasteiger partial charge in [-0.25, -0.2) is 8.42 Å². The monoisotopic (exact) mass is 351 g/mol. The number of benzene rings is 2. The predicted octanol–water partition coefficient (Wildman–Crippen LogP) is 3.87. The lowest BCUT2D eigenvalue weighted by Crippen LogP contribution is -2.30. The van der Waals surface area contributed by atoms with Crippen LogP contribution in [0.4, 0.5) is 0 Å². The zero-order valence-corrected chi connectivity index (χ0v) is 14.3. The standard InChI is InChI=1S/C17H18ClNO3S/c1-22-14-7-4-6-13(12-14)16-9-5-11-19(16)23(20,21)17-10-3-2-8-15(17)18/h2-4,6-8,10,12,16H,5,9,11H2,1H3/t16-/m0/s1. The van der Waals surface area contributed by atoms with E-state index in [4.69, 9.17) is 16.3 Å². The van der Waals surface area contributed by atoms with Gasteiger partial charge in [0.2, 0.25) is 10.0 Å². The Bertz CT molecular complexity index is 807. The van der Waals surface area contributed by atoms with Crippen molar-refractivity contribution in [2.24, 2.45) is 0 Å². The Balaban J connectivity index is 2.00. The van der Waals surface area contributed by atoms with Gasteiger partial charge in [-0.2, -0.15) is 4.31 Å². The lowest BCUT2D eigenvalue weighted by Gasteiger charge is -2.25. The van der Waals surface area contributed by atoms with Gasteiger partial charge in [-0.05, 0) is 42.7 Å². The van der Waals surface area contributed by atoms with E-state index in [9.17, 15) is 8.42 Å². The lowest BCUT2D eigenvalue weighted by molar-refractivity contribution is 0.390. The minimum atomic E-state index is -3.63. The Kier molecular flexibility index (Phi) is 4.62. The fourth-order valence-electron chi connectivity index (χ4n) is 2.99. The summed E-state index contributed by atoms with van der Waals surface area (Å²) in [4.78, 5) is 0.163. The highest BCUT2D eigenvalue weighted by Gasteiger charge is 2.37. The Morgan fingerprint density at radius 3 is 2.70 bits per heavy atom. The molecule has 1 aliphatic heterocycles. The molecule has 1 aliphatic rings. The number of sulfonamides is 1. The van der Waals surface area contributed by atoms with E-state index < -0.39 is 10.0 Å². The van der Waals surface area contributed by atoms with Crippen LogP contribution in [0.2, 0.25) is 5.02 Å². The first-order chi connectivity index (χ1) is 11.0. The summed E-state index contributed by atoms with van der Waals surface area (Å²) in [6.45, 7) is 0.495. The van der Waals surface area contributed by atoms with E-state index in [2.05, 4.69) is 0 Å². The molecule has 0 saturated carbocycles. The van der Waals surface area contributed by atoms with E-state index in [1.54, 1.807) is 35.7 Å². The highest BCUT2D eigenvalue weighted by atomic mass is 35.5. The highest BCUT2D eigenvalue weighted by molar-refractivity contribution is 7.89. The van der Waals surface area contributed by atoms with Gasteiger partial charge in [-0.15, -0.1) is 0 Å². The number of ether oxygens (including phenoxy) is 1. The average molecular weight is 352 g/mol. The molecule has 122 valence electrons. The van der Waals surface area contributed by atoms with Crippen LogP contribution in [0.15, 0.2) is 53.4 Å². The van der Waals surface area contributed by atoms with Crippen molar-refractivity contribution in [1.29, 1.82) is 0 Å². The maximum absolute atomic E-state index is 13.0. The van der Waals surface area contributed by atoms with Crippen LogP contribution in [0.5, 0.6) is 5.75 Å². The molecule has 0 amide bonds. The Hall–Kier alpha value is -1.56. The Morgan fingerprint density at radius 1 is 1.17 bits per heavy atom. The van der Waals surface area contributed by atoms with Crippen molar-refractivity contribution in [3.05, 3.63) is 59.1 Å². The molecule has 4 nitrogen and oxygen atoms in total. The van der Waals surface area contributed by atoms with Crippen molar-refractivity contribution in [1.82, 2.24) is 4.31 Å². The van der Waals surface area contributed by atoms with Crippen LogP contribution in [-0.4, -0.2) is 26.4 Å². The first-order valence-electron chi connectivity index (χ1n) is 7.44. The minimum Gasteiger partial charge on any atom is -0.497 e. The molecule has 1 saturated heterocycles. The molecule has 1 fully saturated rings. The maximum Gasteiger partial charge on any atom is 0.245 e. The molecule has 0 aliphatic carbocycles. The van der Waals surface area contributed by atoms with E-state index in [1.165, 1.54) is 0 Å². The van der Waals surface area contributed by atoms with Crippen molar-refractivity contribution in [3.8, 4) is 5.75 Å². The molecular weight excluding hydrogens is 334 g/mol. The van der Waals surface area contributed by atoms with E-state index >= 15 is 0 Å². The molecule has 2 aromatic carbocycles. The fourth-order valence-corrected chi connectivity index (χ4v) is 5.17. The molecule has 1 atom stereocenters. The van der Waals surface area contributed by atoms with Gasteiger partial charge in [0.05, 0.1) is 18.2 Å². The molecule has 0 bridgehead atoms. The molecule has 0 aromatic heterocycles. The smallest absolute Gasteiger partial charge is 0.245 e. The van der Waals surface area contributed by atoms with Gasteiger partial charge >= 0.3 is 0 Å². The van der Waals surface area contributed by atoms with Crippen molar-refractivity contribution in [3.63, 3.8) is 0 Å². The molecule has 1 heterocycles. The predicted molar refractivity (Wildman–Crippen MR) is 90.3 cm³/mol. The quantitative estimate of drug-likeness (QED) is 0.839. The summed E-state index contributed by atoms with van der Waals surface area (Å²) in [7, 11) is -2.02. The molecule has 0 spiro atoms. The highest BCUT2D eigenvalue weighted by Crippen LogP contribution is 2.38. The normalized spacial score (nSPS) is 19.0. The van der Waals surface area contributed by atoms with Crippen molar-refractivity contribution >= 4 is 21.6 Å². The number of halogens is 1. The van der Waals surface area contributed by atoms with Crippen LogP contribution in [0, 0.1) is 0 Å². The SMILES string of the molecule is COc1cccc([C@@H]2CCCN2S(=O)(=O)c2ccccc2Cl)c1. The molecule has 0 unspecified atom stereocenters. The summed E-state index contributed by atoms with van der Waals surface area (Å²) >= 11 is 6.10. The van der Waals surface area contributed by atoms with Gasteiger partial charge in [0, 0.05) is 6.54 Å². The van der Waals surface area contributed by atoms with Crippen LogP contribution in [0.25, 0.3) is 0 Å². The number of rotatable bonds is 4. The second kappa shape index (κ2) is 6.51. The summed E-state index contributed by atoms with van der Waals surface area (Å²) in [6.07, 6.45) is 1.61. The summed E-state index contributed by atoms with van der Waals surface area (Å²) < 4.78 is 32.8. The summed E-state index contributed by atoms with van der Waals surface area (Å²) in [5, 5.41) is 0.254. The van der Waals surface area contributed by atoms with Crippen LogP contribution in [-0.2, 0) is 10.0 Å². The molecule has 0 radical (unpaired) electrons. The van der Waals surface area contributed by atoms with E-state index in [0.717, 1.165) is 24.2 Å². The third-order valence-electron chi connectivity index (χ3n) is 4.11. The van der Waals surface area contributed by atoms with Gasteiger partial charge in [0.1, 0.15) is 10.6 Å². The molecule has 3 rings (SSSR count). The van der Waals surface area contributed by atoms with Crippen molar-refractivity contribution in [2.45, 2.75) is 23.8 Å². The Morgan fingerprint density at radius 2 is 1.96 bits per heavy atom. The maximum atomic E-state index is 13.0. The van der Waals surface area contributed by atoms with Gasteiger partial charge in [-0.1, -0.05) is 35.9 Å². The number of hydrogen-bond acceptors (Lipinski definition) is 3. The van der Waals surface area contributed by atoms with Crippen LogP contribution >= 0.6 is 11.6 Å². The molecular formula is C17H18ClNO3S. The van der Waals surface area contributed by atoms with Gasteiger partial charge in [0.15, 0.2) is 0 Å². The first-order valence-corrected chi connectivity index (χ1v) is 9.26. The zero-order valence-electron chi connectivity index (χ0n) is 12.8. The zero-order chi connectivity index (χ0) is 16.4. The van der Waals surface area contributed by atoms with E-state index in [0.29, 0.717) is 6.54 Å². The summed E-state index contributed by atoms with van der Waals surface area (Å²) in [6, 6.07) is 14.0. The van der Waals surface area contributed by atoms with Crippen LogP contribution in [0.1, 0.15) is 24.4 Å². The number of nitrogens with zero attached hydrogens (tertiary/aromatic N) is 1. The molecule has 23 heavy (non-hydrogen) atoms. The molecule has 2 aromatic rings. The second-order valence-corrected chi connectivity index (χ2v) is 7.75. The molecule has 6 heteroatoms. The Labute approximate surface area is 141 Å². The van der Waals surface area contributed by atoms with Crippen molar-refractivity contribution in [2.75, 3.05) is 13.7 Å². The second-order valence-electron chi connectivity index (χ2n) is 5.48. The number of methoxy groups -OCH3 is 1. The third kappa shape index (κ3) is 3.09. The number of hydrogen-bond donors (Lipinski definition) is 0. The largest absolute Gasteiger partial charge is 0.497 e. The van der Waals surface area contributed by atoms with E-state index in [-0.39, 0.29) is 16.0 Å². The molecule has 0 N–H and O–H groups in total. The summed E-state index contributed by atoms with van der Waals surface area (Å²) in [5.41, 5.74) is 0.942. The fraction of sp³-hybridized carbons (Fsp3) is 0.294. The van der Waals surface area contributed by atoms with E-state index in [1.807, 2.05) is 24.3 Å². The summed E-state index contributed by atoms with van der Waals surface area (Å²) in [5.74, 6) is 0.726. The third-order valence-corrected chi connectivity index (χ3v) is 6.51. The van der Waals surface area contributed by atoms with Gasteiger partial charge < -0.3 is 4.74 Å². The average Bonchev–Trinajstić information content (AvgIpc) is 3.05. The van der Waals surface area contributed by atoms with Crippen LogP contribution < -0.4 is 4.74 Å². The topological polar surface area (TPSA) is 46.6 Å². The minimum absolute atomic E-state index is 0.163. The van der Waals surface area contributed by atoms with Gasteiger partial charge in [0.25, 0.3) is 0 Å². The lowest BCUT2D eigenvalue weighted by atomic mass is 10.1. The van der Waals surface area contributed by atoms with Crippen LogP contribution in [0.3, 0.4) is 0 Å².